The molecular formula is C24H18ClNO2S3. The molecule has 1 heterocycles. The minimum Gasteiger partial charge on any atom is -0.493 e. The Bertz CT molecular complexity index is 1100. The van der Waals surface area contributed by atoms with E-state index < -0.39 is 0 Å². The van der Waals surface area contributed by atoms with Gasteiger partial charge in [0.15, 0.2) is 4.32 Å². The minimum atomic E-state index is -0.0965. The number of ether oxygens (including phenoxy) is 1. The van der Waals surface area contributed by atoms with Gasteiger partial charge in [0.05, 0.1) is 17.2 Å². The van der Waals surface area contributed by atoms with Gasteiger partial charge in [-0.25, -0.2) is 0 Å². The molecule has 1 fully saturated rings. The first-order valence-corrected chi connectivity index (χ1v) is 12.1. The van der Waals surface area contributed by atoms with Gasteiger partial charge in [0.2, 0.25) is 0 Å². The number of hydrogen-bond donors (Lipinski definition) is 0. The van der Waals surface area contributed by atoms with E-state index in [-0.39, 0.29) is 5.91 Å². The number of anilines is 1. The molecule has 156 valence electrons. The third kappa shape index (κ3) is 5.71. The predicted octanol–water partition coefficient (Wildman–Crippen LogP) is 6.92. The van der Waals surface area contributed by atoms with Gasteiger partial charge in [-0.1, -0.05) is 65.9 Å². The number of benzene rings is 3. The van der Waals surface area contributed by atoms with E-state index >= 15 is 0 Å². The van der Waals surface area contributed by atoms with Gasteiger partial charge in [-0.3, -0.25) is 9.69 Å². The molecule has 1 amide bonds. The van der Waals surface area contributed by atoms with Crippen LogP contribution in [0.2, 0.25) is 5.02 Å². The van der Waals surface area contributed by atoms with E-state index in [2.05, 4.69) is 0 Å². The van der Waals surface area contributed by atoms with Gasteiger partial charge in [-0.2, -0.15) is 0 Å². The first-order valence-electron chi connectivity index (χ1n) is 9.54. The number of carbonyl (C=O) groups is 1. The second-order valence-corrected chi connectivity index (χ2v) is 9.85. The lowest BCUT2D eigenvalue weighted by Crippen LogP contribution is -2.27. The van der Waals surface area contributed by atoms with Crippen LogP contribution < -0.4 is 9.64 Å². The van der Waals surface area contributed by atoms with Crippen molar-refractivity contribution >= 4 is 69.3 Å². The summed E-state index contributed by atoms with van der Waals surface area (Å²) in [6.07, 6.45) is 1.86. The molecule has 3 aromatic carbocycles. The summed E-state index contributed by atoms with van der Waals surface area (Å²) < 4.78 is 6.36. The van der Waals surface area contributed by atoms with Crippen LogP contribution in [0.1, 0.15) is 5.56 Å². The van der Waals surface area contributed by atoms with E-state index in [1.165, 1.54) is 11.8 Å². The second kappa shape index (κ2) is 10.4. The number of thiocarbonyl (C=S) groups is 1. The highest BCUT2D eigenvalue weighted by Gasteiger charge is 2.33. The Morgan fingerprint density at radius 1 is 1.00 bits per heavy atom. The zero-order valence-corrected chi connectivity index (χ0v) is 19.6. The summed E-state index contributed by atoms with van der Waals surface area (Å²) >= 11 is 14.4. The molecule has 1 aliphatic rings. The van der Waals surface area contributed by atoms with E-state index in [0.717, 1.165) is 32.7 Å². The first kappa shape index (κ1) is 22.0. The van der Waals surface area contributed by atoms with Crippen LogP contribution >= 0.6 is 47.3 Å². The van der Waals surface area contributed by atoms with Crippen molar-refractivity contribution in [3.05, 3.63) is 94.4 Å². The van der Waals surface area contributed by atoms with E-state index in [1.807, 2.05) is 84.9 Å². The average molecular weight is 484 g/mol. The summed E-state index contributed by atoms with van der Waals surface area (Å²) in [5.74, 6) is 1.54. The van der Waals surface area contributed by atoms with E-state index in [1.54, 1.807) is 16.7 Å². The normalized spacial score (nSPS) is 15.0. The molecule has 0 unspecified atom stereocenters. The van der Waals surface area contributed by atoms with Crippen molar-refractivity contribution in [2.45, 2.75) is 4.90 Å². The van der Waals surface area contributed by atoms with Gasteiger partial charge in [0.1, 0.15) is 5.75 Å². The third-order valence-electron chi connectivity index (χ3n) is 4.42. The number of carbonyl (C=O) groups excluding carboxylic acids is 1. The topological polar surface area (TPSA) is 29.5 Å². The van der Waals surface area contributed by atoms with Gasteiger partial charge in [0, 0.05) is 15.7 Å². The number of rotatable bonds is 7. The molecular weight excluding hydrogens is 466 g/mol. The highest BCUT2D eigenvalue weighted by Crippen LogP contribution is 2.36. The summed E-state index contributed by atoms with van der Waals surface area (Å²) in [5, 5.41) is 0.739. The maximum atomic E-state index is 12.8. The van der Waals surface area contributed by atoms with Crippen LogP contribution in [0.3, 0.4) is 0 Å². The molecule has 0 spiro atoms. The van der Waals surface area contributed by atoms with Crippen molar-refractivity contribution in [3.63, 3.8) is 0 Å². The number of nitrogens with zero attached hydrogens (tertiary/aromatic N) is 1. The summed E-state index contributed by atoms with van der Waals surface area (Å²) in [6, 6.07) is 24.9. The van der Waals surface area contributed by atoms with Crippen molar-refractivity contribution in [2.75, 3.05) is 17.3 Å². The summed E-state index contributed by atoms with van der Waals surface area (Å²) in [5.41, 5.74) is 1.71. The number of para-hydroxylation sites is 1. The molecule has 0 aromatic heterocycles. The Labute approximate surface area is 200 Å². The lowest BCUT2D eigenvalue weighted by molar-refractivity contribution is -0.113. The highest BCUT2D eigenvalue weighted by atomic mass is 35.5. The molecule has 1 aliphatic heterocycles. The van der Waals surface area contributed by atoms with Crippen LogP contribution in [0, 0.1) is 0 Å². The van der Waals surface area contributed by atoms with E-state index in [9.17, 15) is 4.79 Å². The number of thioether (sulfide) groups is 2. The van der Waals surface area contributed by atoms with E-state index in [0.29, 0.717) is 15.8 Å². The van der Waals surface area contributed by atoms with Gasteiger partial charge < -0.3 is 4.74 Å². The van der Waals surface area contributed by atoms with Gasteiger partial charge in [-0.05, 0) is 60.2 Å². The Balaban J connectivity index is 1.33. The molecule has 7 heteroatoms. The molecule has 3 nitrogen and oxygen atoms in total. The van der Waals surface area contributed by atoms with Crippen LogP contribution in [-0.4, -0.2) is 22.6 Å². The molecule has 0 saturated carbocycles. The van der Waals surface area contributed by atoms with Crippen molar-refractivity contribution in [1.82, 2.24) is 0 Å². The monoisotopic (exact) mass is 483 g/mol. The van der Waals surface area contributed by atoms with Crippen LogP contribution in [-0.2, 0) is 4.79 Å². The average Bonchev–Trinajstić information content (AvgIpc) is 3.07. The first-order chi connectivity index (χ1) is 15.1. The molecule has 3 aromatic rings. The number of hydrogen-bond acceptors (Lipinski definition) is 5. The quantitative estimate of drug-likeness (QED) is 0.157. The molecule has 0 N–H and O–H groups in total. The highest BCUT2D eigenvalue weighted by molar-refractivity contribution is 8.27. The van der Waals surface area contributed by atoms with Gasteiger partial charge in [-0.15, -0.1) is 11.8 Å². The fraction of sp³-hybridized carbons (Fsp3) is 0.0833. The molecule has 4 rings (SSSR count). The molecule has 0 atom stereocenters. The molecule has 31 heavy (non-hydrogen) atoms. The fourth-order valence-corrected chi connectivity index (χ4v) is 5.08. The van der Waals surface area contributed by atoms with Gasteiger partial charge >= 0.3 is 0 Å². The largest absolute Gasteiger partial charge is 0.493 e. The summed E-state index contributed by atoms with van der Waals surface area (Å²) in [6.45, 7) is 0.600. The summed E-state index contributed by atoms with van der Waals surface area (Å²) in [4.78, 5) is 16.2. The molecule has 1 saturated heterocycles. The standard InChI is InChI=1S/C24H18ClNO2S3/c25-18-8-12-21(13-9-18)30-15-14-28-20-10-6-17(7-11-20)16-22-23(27)26(24(29)31-22)19-4-2-1-3-5-19/h1-13,16H,14-15H2. The summed E-state index contributed by atoms with van der Waals surface area (Å²) in [7, 11) is 0. The SMILES string of the molecule is O=C1C(=Cc2ccc(OCCSc3ccc(Cl)cc3)cc2)SC(=S)N1c1ccccc1. The third-order valence-corrected chi connectivity index (χ3v) is 6.95. The Morgan fingerprint density at radius 2 is 1.71 bits per heavy atom. The van der Waals surface area contributed by atoms with Crippen LogP contribution in [0.5, 0.6) is 5.75 Å². The van der Waals surface area contributed by atoms with Gasteiger partial charge in [0.25, 0.3) is 5.91 Å². The molecule has 0 bridgehead atoms. The minimum absolute atomic E-state index is 0.0965. The Kier molecular flexibility index (Phi) is 7.35. The number of halogens is 1. The van der Waals surface area contributed by atoms with Crippen LogP contribution in [0.15, 0.2) is 88.7 Å². The van der Waals surface area contributed by atoms with Crippen LogP contribution in [0.4, 0.5) is 5.69 Å². The predicted molar refractivity (Wildman–Crippen MR) is 136 cm³/mol. The molecule has 0 aliphatic carbocycles. The lowest BCUT2D eigenvalue weighted by atomic mass is 10.2. The zero-order valence-electron chi connectivity index (χ0n) is 16.4. The van der Waals surface area contributed by atoms with Crippen molar-refractivity contribution in [3.8, 4) is 5.75 Å². The Hall–Kier alpha value is -2.25. The van der Waals surface area contributed by atoms with Crippen molar-refractivity contribution in [1.29, 1.82) is 0 Å². The zero-order chi connectivity index (χ0) is 21.6. The van der Waals surface area contributed by atoms with E-state index in [4.69, 9.17) is 28.6 Å². The van der Waals surface area contributed by atoms with Crippen molar-refractivity contribution < 1.29 is 9.53 Å². The maximum Gasteiger partial charge on any atom is 0.270 e. The fourth-order valence-electron chi connectivity index (χ4n) is 2.93. The Morgan fingerprint density at radius 3 is 2.42 bits per heavy atom. The molecule has 0 radical (unpaired) electrons. The van der Waals surface area contributed by atoms with Crippen molar-refractivity contribution in [2.24, 2.45) is 0 Å². The smallest absolute Gasteiger partial charge is 0.270 e. The van der Waals surface area contributed by atoms with Crippen LogP contribution in [0.25, 0.3) is 6.08 Å². The lowest BCUT2D eigenvalue weighted by Gasteiger charge is -2.13. The number of amides is 1. The maximum absolute atomic E-state index is 12.8. The second-order valence-electron chi connectivity index (χ2n) is 6.57.